The van der Waals surface area contributed by atoms with Gasteiger partial charge in [-0.25, -0.2) is 9.97 Å². The molecule has 0 aromatic carbocycles. The van der Waals surface area contributed by atoms with Crippen LogP contribution in [0.1, 0.15) is 12.1 Å². The minimum absolute atomic E-state index is 0.0674. The zero-order valence-corrected chi connectivity index (χ0v) is 15.4. The standard InChI is InChI=1S/C19H22F3N5O/c20-19(21,22)16-11-17(25-18(24-16)15-1-4-23-5-2-15)27-8-6-26(7-9-27)12-14-3-10-28-13-14/h1-2,4-5,11,14H,3,6-10,12-13H2. The van der Waals surface area contributed by atoms with Crippen molar-refractivity contribution >= 4 is 5.82 Å². The van der Waals surface area contributed by atoms with E-state index >= 15 is 0 Å². The second-order valence-corrected chi connectivity index (χ2v) is 7.19. The van der Waals surface area contributed by atoms with Gasteiger partial charge in [0.15, 0.2) is 11.5 Å². The third-order valence-electron chi connectivity index (χ3n) is 5.18. The van der Waals surface area contributed by atoms with Crippen molar-refractivity contribution in [2.75, 3.05) is 50.8 Å². The first-order valence-corrected chi connectivity index (χ1v) is 9.41. The molecule has 28 heavy (non-hydrogen) atoms. The van der Waals surface area contributed by atoms with Crippen molar-refractivity contribution in [2.45, 2.75) is 12.6 Å². The molecular weight excluding hydrogens is 371 g/mol. The number of hydrogen-bond acceptors (Lipinski definition) is 6. The van der Waals surface area contributed by atoms with Gasteiger partial charge in [0, 0.05) is 63.4 Å². The Balaban J connectivity index is 1.52. The number of nitrogens with zero attached hydrogens (tertiary/aromatic N) is 5. The van der Waals surface area contributed by atoms with Gasteiger partial charge in [0.2, 0.25) is 0 Å². The lowest BCUT2D eigenvalue weighted by Gasteiger charge is -2.36. The Hall–Kier alpha value is -2.26. The van der Waals surface area contributed by atoms with Crippen LogP contribution in [0.5, 0.6) is 0 Å². The van der Waals surface area contributed by atoms with Crippen LogP contribution >= 0.6 is 0 Å². The topological polar surface area (TPSA) is 54.4 Å². The van der Waals surface area contributed by atoms with E-state index in [2.05, 4.69) is 19.9 Å². The highest BCUT2D eigenvalue weighted by Crippen LogP contribution is 2.32. The molecule has 0 spiro atoms. The van der Waals surface area contributed by atoms with Crippen LogP contribution in [-0.2, 0) is 10.9 Å². The summed E-state index contributed by atoms with van der Waals surface area (Å²) in [5.41, 5.74) is -0.405. The summed E-state index contributed by atoms with van der Waals surface area (Å²) in [5.74, 6) is 0.941. The quantitative estimate of drug-likeness (QED) is 0.796. The lowest BCUT2D eigenvalue weighted by atomic mass is 10.1. The number of pyridine rings is 1. The number of anilines is 1. The predicted octanol–water partition coefficient (Wildman–Crippen LogP) is 2.72. The van der Waals surface area contributed by atoms with Gasteiger partial charge in [0.1, 0.15) is 5.82 Å². The predicted molar refractivity (Wildman–Crippen MR) is 97.8 cm³/mol. The molecule has 0 N–H and O–H groups in total. The van der Waals surface area contributed by atoms with E-state index in [1.807, 2.05) is 4.90 Å². The highest BCUT2D eigenvalue weighted by atomic mass is 19.4. The number of alkyl halides is 3. The van der Waals surface area contributed by atoms with Gasteiger partial charge in [-0.3, -0.25) is 9.88 Å². The van der Waals surface area contributed by atoms with Crippen molar-refractivity contribution in [3.8, 4) is 11.4 Å². The molecule has 150 valence electrons. The summed E-state index contributed by atoms with van der Waals surface area (Å²) >= 11 is 0. The second kappa shape index (κ2) is 8.00. The maximum absolute atomic E-state index is 13.4. The summed E-state index contributed by atoms with van der Waals surface area (Å²) in [6.45, 7) is 5.47. The van der Waals surface area contributed by atoms with Gasteiger partial charge in [0.25, 0.3) is 0 Å². The smallest absolute Gasteiger partial charge is 0.381 e. The second-order valence-electron chi connectivity index (χ2n) is 7.19. The zero-order valence-electron chi connectivity index (χ0n) is 15.4. The number of ether oxygens (including phenoxy) is 1. The van der Waals surface area contributed by atoms with Crippen LogP contribution in [0.3, 0.4) is 0 Å². The highest BCUT2D eigenvalue weighted by Gasteiger charge is 2.34. The lowest BCUT2D eigenvalue weighted by Crippen LogP contribution is -2.48. The van der Waals surface area contributed by atoms with Crippen LogP contribution in [0.4, 0.5) is 19.0 Å². The fraction of sp³-hybridized carbons (Fsp3) is 0.526. The molecule has 2 aliphatic heterocycles. The van der Waals surface area contributed by atoms with Gasteiger partial charge in [-0.1, -0.05) is 0 Å². The SMILES string of the molecule is FC(F)(F)c1cc(N2CCN(CC3CCOC3)CC2)nc(-c2ccncc2)n1. The molecule has 1 unspecified atom stereocenters. The van der Waals surface area contributed by atoms with E-state index in [0.717, 1.165) is 45.3 Å². The number of aromatic nitrogens is 3. The van der Waals surface area contributed by atoms with Gasteiger partial charge in [0.05, 0.1) is 6.61 Å². The van der Waals surface area contributed by atoms with Crippen molar-refractivity contribution in [1.82, 2.24) is 19.9 Å². The molecule has 2 saturated heterocycles. The van der Waals surface area contributed by atoms with Crippen molar-refractivity contribution < 1.29 is 17.9 Å². The van der Waals surface area contributed by atoms with Crippen LogP contribution in [0, 0.1) is 5.92 Å². The third kappa shape index (κ3) is 4.41. The van der Waals surface area contributed by atoms with E-state index < -0.39 is 11.9 Å². The number of halogens is 3. The van der Waals surface area contributed by atoms with Gasteiger partial charge in [-0.2, -0.15) is 13.2 Å². The Morgan fingerprint density at radius 3 is 2.46 bits per heavy atom. The summed E-state index contributed by atoms with van der Waals surface area (Å²) in [6.07, 6.45) is -0.408. The molecule has 1 atom stereocenters. The maximum Gasteiger partial charge on any atom is 0.433 e. The van der Waals surface area contributed by atoms with E-state index in [0.29, 0.717) is 30.4 Å². The molecule has 2 aromatic rings. The molecular formula is C19H22F3N5O. The van der Waals surface area contributed by atoms with Crippen LogP contribution in [-0.4, -0.2) is 65.8 Å². The van der Waals surface area contributed by atoms with Crippen LogP contribution in [0.25, 0.3) is 11.4 Å². The highest BCUT2D eigenvalue weighted by molar-refractivity contribution is 5.57. The first kappa shape index (κ1) is 19.1. The third-order valence-corrected chi connectivity index (χ3v) is 5.18. The van der Waals surface area contributed by atoms with Crippen molar-refractivity contribution in [3.63, 3.8) is 0 Å². The Labute approximate surface area is 161 Å². The molecule has 6 nitrogen and oxygen atoms in total. The van der Waals surface area contributed by atoms with Gasteiger partial charge in [-0.05, 0) is 24.5 Å². The Morgan fingerprint density at radius 1 is 1.07 bits per heavy atom. The van der Waals surface area contributed by atoms with Crippen LogP contribution in [0.2, 0.25) is 0 Å². The summed E-state index contributed by atoms with van der Waals surface area (Å²) in [5, 5.41) is 0. The number of hydrogen-bond donors (Lipinski definition) is 0. The number of rotatable bonds is 4. The van der Waals surface area contributed by atoms with Crippen molar-refractivity contribution in [2.24, 2.45) is 5.92 Å². The molecule has 0 amide bonds. The van der Waals surface area contributed by atoms with E-state index in [9.17, 15) is 13.2 Å². The molecule has 2 aromatic heterocycles. The molecule has 0 bridgehead atoms. The minimum atomic E-state index is -4.52. The van der Waals surface area contributed by atoms with E-state index in [4.69, 9.17) is 4.74 Å². The average Bonchev–Trinajstić information content (AvgIpc) is 3.21. The Bertz CT molecular complexity index is 788. The maximum atomic E-state index is 13.4. The average molecular weight is 393 g/mol. The van der Waals surface area contributed by atoms with Gasteiger partial charge in [-0.15, -0.1) is 0 Å². The van der Waals surface area contributed by atoms with Crippen LogP contribution in [0.15, 0.2) is 30.6 Å². The Morgan fingerprint density at radius 2 is 1.82 bits per heavy atom. The number of piperazine rings is 1. The summed E-state index contributed by atoms with van der Waals surface area (Å²) in [6, 6.07) is 4.27. The molecule has 9 heteroatoms. The molecule has 0 radical (unpaired) electrons. The van der Waals surface area contributed by atoms with E-state index in [-0.39, 0.29) is 5.82 Å². The van der Waals surface area contributed by atoms with E-state index in [1.165, 1.54) is 12.4 Å². The lowest BCUT2D eigenvalue weighted by molar-refractivity contribution is -0.141. The summed E-state index contributed by atoms with van der Waals surface area (Å²) in [4.78, 5) is 16.3. The van der Waals surface area contributed by atoms with Crippen molar-refractivity contribution in [1.29, 1.82) is 0 Å². The zero-order chi connectivity index (χ0) is 19.6. The van der Waals surface area contributed by atoms with Gasteiger partial charge < -0.3 is 9.64 Å². The minimum Gasteiger partial charge on any atom is -0.381 e. The monoisotopic (exact) mass is 393 g/mol. The van der Waals surface area contributed by atoms with E-state index in [1.54, 1.807) is 12.1 Å². The Kier molecular flexibility index (Phi) is 5.45. The summed E-state index contributed by atoms with van der Waals surface area (Å²) < 4.78 is 45.6. The summed E-state index contributed by atoms with van der Waals surface area (Å²) in [7, 11) is 0. The van der Waals surface area contributed by atoms with Crippen molar-refractivity contribution in [3.05, 3.63) is 36.3 Å². The fourth-order valence-corrected chi connectivity index (χ4v) is 3.62. The fourth-order valence-electron chi connectivity index (χ4n) is 3.62. The molecule has 2 aliphatic rings. The molecule has 0 aliphatic carbocycles. The largest absolute Gasteiger partial charge is 0.433 e. The van der Waals surface area contributed by atoms with Gasteiger partial charge >= 0.3 is 6.18 Å². The first-order valence-electron chi connectivity index (χ1n) is 9.41. The molecule has 4 rings (SSSR count). The van der Waals surface area contributed by atoms with Crippen LogP contribution < -0.4 is 4.90 Å². The normalized spacial score (nSPS) is 21.2. The molecule has 0 saturated carbocycles. The first-order chi connectivity index (χ1) is 13.5. The molecule has 2 fully saturated rings. The molecule has 4 heterocycles.